The fourth-order valence-corrected chi connectivity index (χ4v) is 3.57. The third-order valence-electron chi connectivity index (χ3n) is 4.76. The number of hydrogen-bond donors (Lipinski definition) is 0. The summed E-state index contributed by atoms with van der Waals surface area (Å²) in [6.45, 7) is 3.17. The molecule has 0 saturated carbocycles. The monoisotopic (exact) mass is 367 g/mol. The van der Waals surface area contributed by atoms with Crippen LogP contribution >= 0.6 is 0 Å². The Morgan fingerprint density at radius 3 is 2.70 bits per heavy atom. The molecule has 3 aromatic rings. The van der Waals surface area contributed by atoms with E-state index in [2.05, 4.69) is 9.88 Å². The Labute approximate surface area is 155 Å². The number of fused-ring (bicyclic) bond motifs is 1. The molecule has 0 radical (unpaired) electrons. The summed E-state index contributed by atoms with van der Waals surface area (Å²) in [6, 6.07) is 13.0. The number of halogens is 1. The van der Waals surface area contributed by atoms with E-state index in [1.165, 1.54) is 18.2 Å². The first-order chi connectivity index (χ1) is 13.0. The molecule has 0 amide bonds. The van der Waals surface area contributed by atoms with Gasteiger partial charge in [-0.3, -0.25) is 15.1 Å². The van der Waals surface area contributed by atoms with Gasteiger partial charge in [0, 0.05) is 25.4 Å². The van der Waals surface area contributed by atoms with Crippen LogP contribution in [0, 0.1) is 15.9 Å². The second-order valence-corrected chi connectivity index (χ2v) is 6.65. The Kier molecular flexibility index (Phi) is 4.45. The average Bonchev–Trinajstić information content (AvgIpc) is 2.67. The molecule has 2 aromatic carbocycles. The highest BCUT2D eigenvalue weighted by molar-refractivity contribution is 5.97. The van der Waals surface area contributed by atoms with Gasteiger partial charge in [0.05, 0.1) is 22.1 Å². The third kappa shape index (κ3) is 3.33. The lowest BCUT2D eigenvalue weighted by atomic mass is 10.0. The molecule has 0 spiro atoms. The molecule has 1 fully saturated rings. The molecule has 138 valence electrons. The summed E-state index contributed by atoms with van der Waals surface area (Å²) in [5.74, 6) is -0.287. The summed E-state index contributed by atoms with van der Waals surface area (Å²) >= 11 is 0. The van der Waals surface area contributed by atoms with Crippen molar-refractivity contribution in [1.82, 2.24) is 4.98 Å². The Morgan fingerprint density at radius 1 is 1.19 bits per heavy atom. The number of benzene rings is 2. The van der Waals surface area contributed by atoms with Gasteiger partial charge in [0.15, 0.2) is 0 Å². The van der Waals surface area contributed by atoms with Crippen LogP contribution in [0.4, 0.5) is 15.8 Å². The number of ether oxygens (including phenoxy) is 1. The Bertz CT molecular complexity index is 993. The predicted octanol–water partition coefficient (Wildman–Crippen LogP) is 4.25. The van der Waals surface area contributed by atoms with Crippen molar-refractivity contribution in [1.29, 1.82) is 0 Å². The van der Waals surface area contributed by atoms with Crippen molar-refractivity contribution in [3.63, 3.8) is 0 Å². The van der Waals surface area contributed by atoms with Crippen molar-refractivity contribution in [2.24, 2.45) is 0 Å². The molecule has 1 aromatic heterocycles. The van der Waals surface area contributed by atoms with E-state index >= 15 is 0 Å². The normalized spacial score (nSPS) is 20.0. The van der Waals surface area contributed by atoms with Gasteiger partial charge in [-0.2, -0.15) is 0 Å². The lowest BCUT2D eigenvalue weighted by Crippen LogP contribution is -2.43. The van der Waals surface area contributed by atoms with Gasteiger partial charge in [-0.25, -0.2) is 4.39 Å². The number of non-ortho nitro benzene ring substituents is 1. The van der Waals surface area contributed by atoms with Crippen molar-refractivity contribution >= 4 is 22.3 Å². The molecule has 27 heavy (non-hydrogen) atoms. The Balaban J connectivity index is 1.73. The third-order valence-corrected chi connectivity index (χ3v) is 4.76. The molecular formula is C20H18FN3O3. The van der Waals surface area contributed by atoms with Gasteiger partial charge in [-0.1, -0.05) is 12.1 Å². The van der Waals surface area contributed by atoms with Crippen LogP contribution < -0.4 is 4.90 Å². The van der Waals surface area contributed by atoms with E-state index in [1.54, 1.807) is 36.5 Å². The maximum atomic E-state index is 13.2. The van der Waals surface area contributed by atoms with Crippen LogP contribution in [0.25, 0.3) is 10.9 Å². The first-order valence-corrected chi connectivity index (χ1v) is 8.71. The van der Waals surface area contributed by atoms with E-state index in [1.807, 2.05) is 6.92 Å². The predicted molar refractivity (Wildman–Crippen MR) is 100 cm³/mol. The quantitative estimate of drug-likeness (QED) is 0.511. The topological polar surface area (TPSA) is 68.5 Å². The van der Waals surface area contributed by atoms with Gasteiger partial charge in [-0.15, -0.1) is 0 Å². The van der Waals surface area contributed by atoms with Crippen molar-refractivity contribution in [2.45, 2.75) is 19.1 Å². The zero-order valence-corrected chi connectivity index (χ0v) is 14.7. The molecule has 0 aliphatic carbocycles. The number of pyridine rings is 1. The first kappa shape index (κ1) is 17.4. The largest absolute Gasteiger partial charge is 0.367 e. The minimum Gasteiger partial charge on any atom is -0.367 e. The highest BCUT2D eigenvalue weighted by atomic mass is 19.1. The average molecular weight is 367 g/mol. The molecule has 1 aliphatic heterocycles. The van der Waals surface area contributed by atoms with E-state index in [4.69, 9.17) is 4.74 Å². The maximum absolute atomic E-state index is 13.2. The zero-order chi connectivity index (χ0) is 19.0. The molecule has 0 bridgehead atoms. The molecule has 2 atom stereocenters. The van der Waals surface area contributed by atoms with Gasteiger partial charge in [-0.05, 0) is 42.8 Å². The lowest BCUT2D eigenvalue weighted by molar-refractivity contribution is -0.383. The summed E-state index contributed by atoms with van der Waals surface area (Å²) < 4.78 is 19.3. The van der Waals surface area contributed by atoms with Gasteiger partial charge in [0.2, 0.25) is 0 Å². The highest BCUT2D eigenvalue weighted by Crippen LogP contribution is 2.35. The summed E-state index contributed by atoms with van der Waals surface area (Å²) in [4.78, 5) is 17.5. The van der Waals surface area contributed by atoms with E-state index < -0.39 is 4.92 Å². The van der Waals surface area contributed by atoms with Crippen LogP contribution in [0.2, 0.25) is 0 Å². The van der Waals surface area contributed by atoms with Gasteiger partial charge in [0.25, 0.3) is 5.69 Å². The van der Waals surface area contributed by atoms with Crippen LogP contribution in [-0.4, -0.2) is 29.1 Å². The van der Waals surface area contributed by atoms with Crippen LogP contribution in [-0.2, 0) is 4.74 Å². The van der Waals surface area contributed by atoms with E-state index in [0.29, 0.717) is 24.0 Å². The van der Waals surface area contributed by atoms with Gasteiger partial charge in [0.1, 0.15) is 17.4 Å². The standard InChI is InChI=1S/C20H18FN3O3/c1-13-11-23(12-19(27-13)14-4-6-15(21)7-5-14)18-9-8-17(24(25)26)16-3-2-10-22-20(16)18/h2-10,13,19H,11-12H2,1H3. The number of nitrogens with zero attached hydrogens (tertiary/aromatic N) is 3. The minimum atomic E-state index is -0.392. The summed E-state index contributed by atoms with van der Waals surface area (Å²) in [6.07, 6.45) is 1.36. The van der Waals surface area contributed by atoms with Crippen molar-refractivity contribution in [3.8, 4) is 0 Å². The number of morpholine rings is 1. The van der Waals surface area contributed by atoms with E-state index in [9.17, 15) is 14.5 Å². The number of hydrogen-bond acceptors (Lipinski definition) is 5. The first-order valence-electron chi connectivity index (χ1n) is 8.71. The number of nitro benzene ring substituents is 1. The molecule has 2 unspecified atom stereocenters. The van der Waals surface area contributed by atoms with E-state index in [0.717, 1.165) is 11.3 Å². The zero-order valence-electron chi connectivity index (χ0n) is 14.7. The SMILES string of the molecule is CC1CN(c2ccc([N+](=O)[O-])c3cccnc23)CC(c2ccc(F)cc2)O1. The molecule has 2 heterocycles. The number of nitro groups is 1. The van der Waals surface area contributed by atoms with E-state index in [-0.39, 0.29) is 23.7 Å². The smallest absolute Gasteiger partial charge is 0.278 e. The lowest BCUT2D eigenvalue weighted by Gasteiger charge is -2.38. The molecule has 1 aliphatic rings. The molecule has 4 rings (SSSR count). The van der Waals surface area contributed by atoms with Crippen molar-refractivity contribution in [3.05, 3.63) is 76.2 Å². The fraction of sp³-hybridized carbons (Fsp3) is 0.250. The molecule has 7 heteroatoms. The minimum absolute atomic E-state index is 0.0400. The van der Waals surface area contributed by atoms with Crippen LogP contribution in [0.3, 0.4) is 0 Å². The van der Waals surface area contributed by atoms with Gasteiger partial charge < -0.3 is 9.64 Å². The summed E-state index contributed by atoms with van der Waals surface area (Å²) in [7, 11) is 0. The summed E-state index contributed by atoms with van der Waals surface area (Å²) in [5.41, 5.74) is 2.36. The Hall–Kier alpha value is -3.06. The molecule has 0 N–H and O–H groups in total. The summed E-state index contributed by atoms with van der Waals surface area (Å²) in [5, 5.41) is 11.8. The molecule has 6 nitrogen and oxygen atoms in total. The van der Waals surface area contributed by atoms with Crippen molar-refractivity contribution in [2.75, 3.05) is 18.0 Å². The van der Waals surface area contributed by atoms with Crippen molar-refractivity contribution < 1.29 is 14.1 Å². The highest BCUT2D eigenvalue weighted by Gasteiger charge is 2.29. The fourth-order valence-electron chi connectivity index (χ4n) is 3.57. The second-order valence-electron chi connectivity index (χ2n) is 6.65. The van der Waals surface area contributed by atoms with Gasteiger partial charge >= 0.3 is 0 Å². The van der Waals surface area contributed by atoms with Crippen LogP contribution in [0.5, 0.6) is 0 Å². The maximum Gasteiger partial charge on any atom is 0.278 e. The number of rotatable bonds is 3. The Morgan fingerprint density at radius 2 is 1.96 bits per heavy atom. The van der Waals surface area contributed by atoms with Crippen LogP contribution in [0.15, 0.2) is 54.7 Å². The number of anilines is 1. The number of aromatic nitrogens is 1. The second kappa shape index (κ2) is 6.92. The molecular weight excluding hydrogens is 349 g/mol. The molecule has 1 saturated heterocycles. The van der Waals surface area contributed by atoms with Crippen LogP contribution in [0.1, 0.15) is 18.6 Å².